The molecule has 1 aromatic carbocycles. The number of anilines is 1. The highest BCUT2D eigenvalue weighted by atomic mass is 35.5. The lowest BCUT2D eigenvalue weighted by atomic mass is 10.1. The third-order valence-corrected chi connectivity index (χ3v) is 3.40. The number of benzene rings is 1. The number of nitrogen functional groups attached to an aromatic ring is 1. The van der Waals surface area contributed by atoms with E-state index in [4.69, 9.17) is 10.5 Å². The number of hydrogen-bond acceptors (Lipinski definition) is 3. The van der Waals surface area contributed by atoms with Crippen molar-refractivity contribution in [3.05, 3.63) is 29.8 Å². The number of ether oxygens (including phenoxy) is 1. The molecule has 4 nitrogen and oxygen atoms in total. The second-order valence-corrected chi connectivity index (χ2v) is 4.74. The second-order valence-electron chi connectivity index (χ2n) is 4.74. The first-order valence-electron chi connectivity index (χ1n) is 6.41. The number of rotatable bonds is 4. The molecule has 1 heterocycles. The Morgan fingerprint density at radius 1 is 1.47 bits per heavy atom. The van der Waals surface area contributed by atoms with Crippen LogP contribution in [-0.2, 0) is 16.0 Å². The number of amides is 1. The van der Waals surface area contributed by atoms with Crippen LogP contribution in [0, 0.1) is 0 Å². The van der Waals surface area contributed by atoms with E-state index in [1.54, 1.807) is 0 Å². The molecule has 2 unspecified atom stereocenters. The first kappa shape index (κ1) is 15.8. The van der Waals surface area contributed by atoms with Gasteiger partial charge in [-0.1, -0.05) is 18.2 Å². The van der Waals surface area contributed by atoms with Gasteiger partial charge in [0, 0.05) is 18.7 Å². The summed E-state index contributed by atoms with van der Waals surface area (Å²) in [5.74, 6) is 0.0700. The van der Waals surface area contributed by atoms with Crippen LogP contribution in [0.4, 0.5) is 5.69 Å². The summed E-state index contributed by atoms with van der Waals surface area (Å²) in [6.45, 7) is 2.73. The van der Waals surface area contributed by atoms with E-state index in [2.05, 4.69) is 5.32 Å². The fourth-order valence-corrected chi connectivity index (χ4v) is 2.21. The predicted octanol–water partition coefficient (Wildman–Crippen LogP) is 1.92. The van der Waals surface area contributed by atoms with Crippen molar-refractivity contribution in [3.63, 3.8) is 0 Å². The molecule has 1 fully saturated rings. The molecular weight excluding hydrogens is 264 g/mol. The maximum atomic E-state index is 11.8. The number of hydrogen-bond donors (Lipinski definition) is 2. The number of aryl methyl sites for hydroxylation is 1. The van der Waals surface area contributed by atoms with Crippen LogP contribution in [0.2, 0.25) is 0 Å². The Labute approximate surface area is 120 Å². The average Bonchev–Trinajstić information content (AvgIpc) is 2.74. The van der Waals surface area contributed by atoms with Crippen LogP contribution < -0.4 is 11.1 Å². The lowest BCUT2D eigenvalue weighted by Crippen LogP contribution is -2.39. The van der Waals surface area contributed by atoms with Crippen LogP contribution >= 0.6 is 12.4 Å². The van der Waals surface area contributed by atoms with Crippen molar-refractivity contribution in [1.29, 1.82) is 0 Å². The van der Waals surface area contributed by atoms with Crippen LogP contribution in [0.15, 0.2) is 24.3 Å². The third kappa shape index (κ3) is 4.40. The molecule has 1 amide bonds. The van der Waals surface area contributed by atoms with Crippen molar-refractivity contribution < 1.29 is 9.53 Å². The molecule has 106 valence electrons. The summed E-state index contributed by atoms with van der Waals surface area (Å²) < 4.78 is 5.41. The molecule has 2 atom stereocenters. The van der Waals surface area contributed by atoms with E-state index in [0.29, 0.717) is 12.8 Å². The first-order chi connectivity index (χ1) is 8.66. The number of halogens is 1. The highest BCUT2D eigenvalue weighted by Crippen LogP contribution is 2.14. The molecule has 0 saturated carbocycles. The van der Waals surface area contributed by atoms with Gasteiger partial charge >= 0.3 is 0 Å². The lowest BCUT2D eigenvalue weighted by Gasteiger charge is -2.16. The maximum Gasteiger partial charge on any atom is 0.220 e. The smallest absolute Gasteiger partial charge is 0.220 e. The number of nitrogens with two attached hydrogens (primary N) is 1. The molecule has 0 radical (unpaired) electrons. The van der Waals surface area contributed by atoms with E-state index in [1.807, 2.05) is 31.2 Å². The molecule has 1 aliphatic rings. The van der Waals surface area contributed by atoms with Crippen LogP contribution in [0.1, 0.15) is 25.3 Å². The quantitative estimate of drug-likeness (QED) is 0.830. The number of carbonyl (C=O) groups is 1. The van der Waals surface area contributed by atoms with E-state index in [0.717, 1.165) is 24.3 Å². The van der Waals surface area contributed by atoms with Gasteiger partial charge in [-0.2, -0.15) is 0 Å². The van der Waals surface area contributed by atoms with Crippen molar-refractivity contribution in [2.75, 3.05) is 12.3 Å². The molecule has 0 spiro atoms. The second kappa shape index (κ2) is 7.36. The Bertz CT molecular complexity index is 426. The Balaban J connectivity index is 0.00000180. The zero-order chi connectivity index (χ0) is 13.0. The highest BCUT2D eigenvalue weighted by molar-refractivity contribution is 5.85. The summed E-state index contributed by atoms with van der Waals surface area (Å²) in [5.41, 5.74) is 7.62. The summed E-state index contributed by atoms with van der Waals surface area (Å²) >= 11 is 0. The predicted molar refractivity (Wildman–Crippen MR) is 78.4 cm³/mol. The summed E-state index contributed by atoms with van der Waals surface area (Å²) in [6, 6.07) is 7.82. The number of nitrogens with one attached hydrogen (secondary N) is 1. The highest BCUT2D eigenvalue weighted by Gasteiger charge is 2.25. The zero-order valence-electron chi connectivity index (χ0n) is 11.1. The van der Waals surface area contributed by atoms with Gasteiger partial charge in [-0.05, 0) is 31.4 Å². The fraction of sp³-hybridized carbons (Fsp3) is 0.500. The van der Waals surface area contributed by atoms with Crippen molar-refractivity contribution in [2.24, 2.45) is 0 Å². The van der Waals surface area contributed by atoms with Crippen LogP contribution in [0.3, 0.4) is 0 Å². The normalized spacial score (nSPS) is 21.7. The minimum absolute atomic E-state index is 0. The summed E-state index contributed by atoms with van der Waals surface area (Å²) in [7, 11) is 0. The monoisotopic (exact) mass is 284 g/mol. The maximum absolute atomic E-state index is 11.8. The minimum atomic E-state index is 0. The summed E-state index contributed by atoms with van der Waals surface area (Å²) in [4.78, 5) is 11.8. The molecule has 3 N–H and O–H groups in total. The van der Waals surface area contributed by atoms with Gasteiger partial charge in [0.1, 0.15) is 0 Å². The van der Waals surface area contributed by atoms with Crippen molar-refractivity contribution >= 4 is 24.0 Å². The Kier molecular flexibility index (Phi) is 6.12. The van der Waals surface area contributed by atoms with Gasteiger partial charge < -0.3 is 15.8 Å². The molecule has 1 aliphatic heterocycles. The molecular formula is C14H21ClN2O2. The van der Waals surface area contributed by atoms with E-state index in [9.17, 15) is 4.79 Å². The van der Waals surface area contributed by atoms with E-state index < -0.39 is 0 Å². The van der Waals surface area contributed by atoms with Gasteiger partial charge in [0.2, 0.25) is 5.91 Å². The van der Waals surface area contributed by atoms with Crippen LogP contribution in [0.25, 0.3) is 0 Å². The fourth-order valence-electron chi connectivity index (χ4n) is 2.21. The summed E-state index contributed by atoms with van der Waals surface area (Å²) in [5, 5.41) is 3.01. The lowest BCUT2D eigenvalue weighted by molar-refractivity contribution is -0.122. The van der Waals surface area contributed by atoms with E-state index >= 15 is 0 Å². The van der Waals surface area contributed by atoms with Gasteiger partial charge in [-0.25, -0.2) is 0 Å². The van der Waals surface area contributed by atoms with Gasteiger partial charge in [0.15, 0.2) is 0 Å². The minimum Gasteiger partial charge on any atom is -0.399 e. The van der Waals surface area contributed by atoms with Gasteiger partial charge in [-0.15, -0.1) is 12.4 Å². The molecule has 2 rings (SSSR count). The molecule has 0 aromatic heterocycles. The number of para-hydroxylation sites is 1. The molecule has 5 heteroatoms. The van der Waals surface area contributed by atoms with E-state index in [1.165, 1.54) is 0 Å². The van der Waals surface area contributed by atoms with Crippen LogP contribution in [0.5, 0.6) is 0 Å². The van der Waals surface area contributed by atoms with Gasteiger partial charge in [0.05, 0.1) is 12.1 Å². The van der Waals surface area contributed by atoms with Crippen molar-refractivity contribution in [2.45, 2.75) is 38.3 Å². The Morgan fingerprint density at radius 2 is 2.21 bits per heavy atom. The van der Waals surface area contributed by atoms with Gasteiger partial charge in [-0.3, -0.25) is 4.79 Å². The molecule has 0 aliphatic carbocycles. The Morgan fingerprint density at radius 3 is 2.84 bits per heavy atom. The molecule has 0 bridgehead atoms. The van der Waals surface area contributed by atoms with Crippen molar-refractivity contribution in [1.82, 2.24) is 5.32 Å². The standard InChI is InChI=1S/C14H20N2O2.ClH/c1-10-13(8-9-18-10)16-14(17)7-6-11-4-2-3-5-12(11)15;/h2-5,10,13H,6-9,15H2,1H3,(H,16,17);1H. The average molecular weight is 285 g/mol. The largest absolute Gasteiger partial charge is 0.399 e. The van der Waals surface area contributed by atoms with E-state index in [-0.39, 0.29) is 30.5 Å². The first-order valence-corrected chi connectivity index (χ1v) is 6.41. The zero-order valence-corrected chi connectivity index (χ0v) is 11.9. The molecule has 19 heavy (non-hydrogen) atoms. The SMILES string of the molecule is CC1OCCC1NC(=O)CCc1ccccc1N.Cl. The molecule has 1 aromatic rings. The topological polar surface area (TPSA) is 64.3 Å². The van der Waals surface area contributed by atoms with Crippen LogP contribution in [-0.4, -0.2) is 24.7 Å². The summed E-state index contributed by atoms with van der Waals surface area (Å²) in [6.07, 6.45) is 2.17. The molecule has 1 saturated heterocycles. The van der Waals surface area contributed by atoms with Gasteiger partial charge in [0.25, 0.3) is 0 Å². The van der Waals surface area contributed by atoms with Crippen molar-refractivity contribution in [3.8, 4) is 0 Å². The number of carbonyl (C=O) groups excluding carboxylic acids is 1. The third-order valence-electron chi connectivity index (χ3n) is 3.40. The Hall–Kier alpha value is -1.26.